The van der Waals surface area contributed by atoms with Crippen molar-refractivity contribution < 1.29 is 4.74 Å². The predicted molar refractivity (Wildman–Crippen MR) is 108 cm³/mol. The van der Waals surface area contributed by atoms with E-state index in [9.17, 15) is 5.26 Å². The summed E-state index contributed by atoms with van der Waals surface area (Å²) in [6.07, 6.45) is 1.97. The van der Waals surface area contributed by atoms with Crippen LogP contribution < -0.4 is 16.2 Å². The summed E-state index contributed by atoms with van der Waals surface area (Å²) in [7, 11) is 0. The molecule has 27 heavy (non-hydrogen) atoms. The van der Waals surface area contributed by atoms with E-state index in [1.165, 1.54) is 0 Å². The quantitative estimate of drug-likeness (QED) is 0.690. The van der Waals surface area contributed by atoms with Crippen molar-refractivity contribution in [2.75, 3.05) is 11.5 Å². The molecule has 5 heteroatoms. The molecule has 2 aromatic carbocycles. The van der Waals surface area contributed by atoms with Crippen molar-refractivity contribution >= 4 is 22.3 Å². The molecule has 1 unspecified atom stereocenters. The van der Waals surface area contributed by atoms with E-state index in [0.29, 0.717) is 17.5 Å². The largest absolute Gasteiger partial charge is 0.438 e. The second-order valence-corrected chi connectivity index (χ2v) is 6.98. The molecule has 5 nitrogen and oxygen atoms in total. The summed E-state index contributed by atoms with van der Waals surface area (Å²) < 4.78 is 6.24. The summed E-state index contributed by atoms with van der Waals surface area (Å²) >= 11 is 0. The van der Waals surface area contributed by atoms with Gasteiger partial charge in [0.05, 0.1) is 5.69 Å². The van der Waals surface area contributed by atoms with E-state index < -0.39 is 0 Å². The lowest BCUT2D eigenvalue weighted by atomic mass is 9.75. The van der Waals surface area contributed by atoms with Gasteiger partial charge in [0.1, 0.15) is 23.2 Å². The third-order valence-corrected chi connectivity index (χ3v) is 5.65. The van der Waals surface area contributed by atoms with Crippen LogP contribution in [0.15, 0.2) is 36.4 Å². The lowest BCUT2D eigenvalue weighted by Crippen LogP contribution is -2.22. The van der Waals surface area contributed by atoms with Crippen LogP contribution in [0.1, 0.15) is 49.3 Å². The van der Waals surface area contributed by atoms with Gasteiger partial charge in [-0.3, -0.25) is 0 Å². The number of pyridine rings is 1. The minimum absolute atomic E-state index is 0.0172. The average Bonchev–Trinajstić information content (AvgIpc) is 2.68. The van der Waals surface area contributed by atoms with Gasteiger partial charge in [0.15, 0.2) is 0 Å². The lowest BCUT2D eigenvalue weighted by Gasteiger charge is -2.34. The highest BCUT2D eigenvalue weighted by Crippen LogP contribution is 2.53. The molecule has 3 aromatic rings. The van der Waals surface area contributed by atoms with Gasteiger partial charge in [0, 0.05) is 22.4 Å². The van der Waals surface area contributed by atoms with Gasteiger partial charge in [-0.1, -0.05) is 63.1 Å². The number of anilines is 2. The van der Waals surface area contributed by atoms with E-state index in [1.54, 1.807) is 0 Å². The number of fused-ring (bicyclic) bond motifs is 4. The monoisotopic (exact) mass is 358 g/mol. The van der Waals surface area contributed by atoms with Crippen molar-refractivity contribution in [3.8, 4) is 17.7 Å². The van der Waals surface area contributed by atoms with Crippen molar-refractivity contribution in [3.05, 3.63) is 53.1 Å². The fourth-order valence-electron chi connectivity index (χ4n) is 4.23. The molecule has 0 amide bonds. The zero-order valence-electron chi connectivity index (χ0n) is 15.5. The van der Waals surface area contributed by atoms with Gasteiger partial charge < -0.3 is 16.2 Å². The molecule has 0 bridgehead atoms. The number of nitrogens with two attached hydrogens (primary N) is 2. The first kappa shape index (κ1) is 17.2. The summed E-state index contributed by atoms with van der Waals surface area (Å²) in [5, 5.41) is 11.6. The molecule has 0 fully saturated rings. The highest BCUT2D eigenvalue weighted by atomic mass is 16.5. The van der Waals surface area contributed by atoms with Crippen molar-refractivity contribution in [2.24, 2.45) is 5.92 Å². The van der Waals surface area contributed by atoms with Gasteiger partial charge in [-0.25, -0.2) is 0 Å². The average molecular weight is 358 g/mol. The van der Waals surface area contributed by atoms with Crippen LogP contribution in [-0.2, 0) is 0 Å². The minimum Gasteiger partial charge on any atom is -0.438 e. The first-order chi connectivity index (χ1) is 13.1. The Bertz CT molecular complexity index is 1080. The van der Waals surface area contributed by atoms with Crippen molar-refractivity contribution in [1.29, 1.82) is 5.26 Å². The van der Waals surface area contributed by atoms with E-state index in [0.717, 1.165) is 40.5 Å². The molecular formula is C22H22N4O. The highest BCUT2D eigenvalue weighted by Gasteiger charge is 2.36. The fraction of sp³-hybridized carbons (Fsp3) is 0.273. The van der Waals surface area contributed by atoms with Gasteiger partial charge in [-0.15, -0.1) is 0 Å². The SMILES string of the molecule is CCC(CC)C1c2ccc3ccccc3c2Oc2nc(N)c(C#N)c(N)c21. The van der Waals surface area contributed by atoms with Crippen LogP contribution in [0, 0.1) is 17.2 Å². The number of nitriles is 1. The summed E-state index contributed by atoms with van der Waals surface area (Å²) in [5.74, 6) is 1.72. The number of benzene rings is 2. The van der Waals surface area contributed by atoms with Crippen molar-refractivity contribution in [3.63, 3.8) is 0 Å². The Kier molecular flexibility index (Phi) is 4.12. The first-order valence-electron chi connectivity index (χ1n) is 9.29. The van der Waals surface area contributed by atoms with E-state index in [-0.39, 0.29) is 17.3 Å². The van der Waals surface area contributed by atoms with Gasteiger partial charge in [0.25, 0.3) is 0 Å². The van der Waals surface area contributed by atoms with E-state index in [4.69, 9.17) is 16.2 Å². The Balaban J connectivity index is 2.06. The number of rotatable bonds is 3. The lowest BCUT2D eigenvalue weighted by molar-refractivity contribution is 0.375. The topological polar surface area (TPSA) is 98.0 Å². The molecular weight excluding hydrogens is 336 g/mol. The zero-order valence-corrected chi connectivity index (χ0v) is 15.5. The van der Waals surface area contributed by atoms with Gasteiger partial charge in [0.2, 0.25) is 5.88 Å². The van der Waals surface area contributed by atoms with Crippen LogP contribution >= 0.6 is 0 Å². The second-order valence-electron chi connectivity index (χ2n) is 6.98. The van der Waals surface area contributed by atoms with Gasteiger partial charge in [-0.05, 0) is 11.3 Å². The fourth-order valence-corrected chi connectivity index (χ4v) is 4.23. The van der Waals surface area contributed by atoms with Gasteiger partial charge >= 0.3 is 0 Å². The normalized spacial score (nSPS) is 15.1. The molecule has 4 rings (SSSR count). The van der Waals surface area contributed by atoms with Crippen LogP contribution in [0.5, 0.6) is 11.6 Å². The van der Waals surface area contributed by atoms with Crippen molar-refractivity contribution in [1.82, 2.24) is 4.98 Å². The molecule has 2 heterocycles. The first-order valence-corrected chi connectivity index (χ1v) is 9.29. The number of nitrogen functional groups attached to an aromatic ring is 2. The molecule has 0 saturated heterocycles. The number of aromatic nitrogens is 1. The molecule has 1 aliphatic rings. The highest BCUT2D eigenvalue weighted by molar-refractivity contribution is 5.91. The van der Waals surface area contributed by atoms with Crippen LogP contribution in [0.2, 0.25) is 0 Å². The zero-order chi connectivity index (χ0) is 19.1. The molecule has 0 spiro atoms. The summed E-state index contributed by atoms with van der Waals surface area (Å²) in [4.78, 5) is 4.41. The van der Waals surface area contributed by atoms with Gasteiger partial charge in [-0.2, -0.15) is 10.2 Å². The van der Waals surface area contributed by atoms with Crippen LogP contribution in [-0.4, -0.2) is 4.98 Å². The maximum Gasteiger partial charge on any atom is 0.227 e. The summed E-state index contributed by atoms with van der Waals surface area (Å²) in [6, 6.07) is 14.5. The Labute approximate surface area is 158 Å². The van der Waals surface area contributed by atoms with Crippen molar-refractivity contribution in [2.45, 2.75) is 32.6 Å². The maximum atomic E-state index is 9.49. The van der Waals surface area contributed by atoms with Crippen LogP contribution in [0.4, 0.5) is 11.5 Å². The Morgan fingerprint density at radius 3 is 2.59 bits per heavy atom. The molecule has 136 valence electrons. The molecule has 1 aromatic heterocycles. The molecule has 0 saturated carbocycles. The maximum absolute atomic E-state index is 9.49. The molecule has 0 aliphatic carbocycles. The second kappa shape index (κ2) is 6.48. The summed E-state index contributed by atoms with van der Waals surface area (Å²) in [6.45, 7) is 4.35. The van der Waals surface area contributed by atoms with E-state index in [2.05, 4.69) is 49.2 Å². The predicted octanol–water partition coefficient (Wildman–Crippen LogP) is 4.94. The molecule has 0 radical (unpaired) electrons. The standard InChI is InChI=1S/C22H22N4O/c1-3-12(4-2)17-15-10-9-13-7-5-6-8-14(13)20(15)27-22-18(17)19(24)16(11-23)21(25)26-22/h5-10,12,17H,3-4H2,1-2H3,(H4,24,25,26). The molecule has 1 aliphatic heterocycles. The Morgan fingerprint density at radius 1 is 1.15 bits per heavy atom. The van der Waals surface area contributed by atoms with Crippen LogP contribution in [0.3, 0.4) is 0 Å². The third-order valence-electron chi connectivity index (χ3n) is 5.65. The Morgan fingerprint density at radius 2 is 1.89 bits per heavy atom. The number of ether oxygens (including phenoxy) is 1. The number of hydrogen-bond donors (Lipinski definition) is 2. The number of nitrogens with zero attached hydrogens (tertiary/aromatic N) is 2. The molecule has 4 N–H and O–H groups in total. The Hall–Kier alpha value is -3.26. The van der Waals surface area contributed by atoms with Crippen LogP contribution in [0.25, 0.3) is 10.8 Å². The van der Waals surface area contributed by atoms with E-state index in [1.807, 2.05) is 12.1 Å². The third kappa shape index (κ3) is 2.48. The molecule has 1 atom stereocenters. The van der Waals surface area contributed by atoms with E-state index >= 15 is 0 Å². The number of hydrogen-bond acceptors (Lipinski definition) is 5. The summed E-state index contributed by atoms with van der Waals surface area (Å²) in [5.41, 5.74) is 14.9. The smallest absolute Gasteiger partial charge is 0.227 e. The minimum atomic E-state index is 0.0172.